The molecule has 3 rings (SSSR count). The molecule has 0 fully saturated rings. The molecule has 0 unspecified atom stereocenters. The Kier molecular flexibility index (Phi) is 5.01. The average Bonchev–Trinajstić information content (AvgIpc) is 3.10. The Bertz CT molecular complexity index is 970. The van der Waals surface area contributed by atoms with Crippen molar-refractivity contribution >= 4 is 34.5 Å². The fraction of sp³-hybridized carbons (Fsp3) is 0.0625. The summed E-state index contributed by atoms with van der Waals surface area (Å²) < 4.78 is 30.6. The van der Waals surface area contributed by atoms with Crippen LogP contribution >= 0.6 is 22.9 Å². The molecule has 2 heterocycles. The van der Waals surface area contributed by atoms with Gasteiger partial charge in [0.1, 0.15) is 5.75 Å². The van der Waals surface area contributed by atoms with Gasteiger partial charge in [-0.3, -0.25) is 14.2 Å². The van der Waals surface area contributed by atoms with Crippen molar-refractivity contribution in [3.63, 3.8) is 0 Å². The van der Waals surface area contributed by atoms with E-state index in [4.69, 9.17) is 0 Å². The standard InChI is InChI=1S/C16H10ClF2N3O3S/c17-16(18,19)25-12-4-2-11(3-5-12)21-14(24)10-1-6-13(23)22(9-10)15-20-7-8-26-15/h1-9H,(H,21,24). The zero-order chi connectivity index (χ0) is 18.7. The number of nitrogens with one attached hydrogen (secondary N) is 1. The zero-order valence-corrected chi connectivity index (χ0v) is 14.4. The van der Waals surface area contributed by atoms with Gasteiger partial charge in [-0.2, -0.15) is 0 Å². The Morgan fingerprint density at radius 2 is 1.96 bits per heavy atom. The van der Waals surface area contributed by atoms with Gasteiger partial charge in [-0.05, 0) is 30.3 Å². The number of hydrogen-bond acceptors (Lipinski definition) is 5. The first-order valence-corrected chi connectivity index (χ1v) is 8.37. The third kappa shape index (κ3) is 4.44. The number of pyridine rings is 1. The monoisotopic (exact) mass is 397 g/mol. The molecule has 1 amide bonds. The van der Waals surface area contributed by atoms with Crippen molar-refractivity contribution in [1.82, 2.24) is 9.55 Å². The fourth-order valence-corrected chi connectivity index (χ4v) is 2.76. The normalized spacial score (nSPS) is 11.2. The highest BCUT2D eigenvalue weighted by molar-refractivity contribution is 7.12. The summed E-state index contributed by atoms with van der Waals surface area (Å²) in [7, 11) is 0. The molecule has 0 saturated heterocycles. The molecule has 2 aromatic heterocycles. The molecule has 0 radical (unpaired) electrons. The average molecular weight is 398 g/mol. The van der Waals surface area contributed by atoms with E-state index in [9.17, 15) is 18.4 Å². The number of rotatable bonds is 5. The number of hydrogen-bond donors (Lipinski definition) is 1. The summed E-state index contributed by atoms with van der Waals surface area (Å²) in [5.74, 6) is -0.632. The number of anilines is 1. The summed E-state index contributed by atoms with van der Waals surface area (Å²) in [6.07, 6.45) is 2.93. The van der Waals surface area contributed by atoms with Crippen molar-refractivity contribution in [1.29, 1.82) is 0 Å². The lowest BCUT2D eigenvalue weighted by molar-refractivity contribution is -0.0964. The Morgan fingerprint density at radius 3 is 2.58 bits per heavy atom. The molecule has 10 heteroatoms. The van der Waals surface area contributed by atoms with Crippen molar-refractivity contribution in [3.8, 4) is 10.9 Å². The Morgan fingerprint density at radius 1 is 1.23 bits per heavy atom. The highest BCUT2D eigenvalue weighted by Crippen LogP contribution is 2.26. The SMILES string of the molecule is O=C(Nc1ccc(OC(F)(F)Cl)cc1)c1ccc(=O)n(-c2nccs2)c1. The van der Waals surface area contributed by atoms with Gasteiger partial charge in [0, 0.05) is 41.1 Å². The highest BCUT2D eigenvalue weighted by Gasteiger charge is 2.27. The maximum absolute atomic E-state index is 12.6. The number of halogens is 3. The molecule has 0 bridgehead atoms. The van der Waals surface area contributed by atoms with Gasteiger partial charge < -0.3 is 10.1 Å². The molecule has 1 N–H and O–H groups in total. The summed E-state index contributed by atoms with van der Waals surface area (Å²) in [5, 5.41) is 4.74. The summed E-state index contributed by atoms with van der Waals surface area (Å²) in [6.45, 7) is 0. The predicted octanol–water partition coefficient (Wildman–Crippen LogP) is 3.71. The molecular weight excluding hydrogens is 388 g/mol. The predicted molar refractivity (Wildman–Crippen MR) is 93.5 cm³/mol. The maximum Gasteiger partial charge on any atom is 0.487 e. The van der Waals surface area contributed by atoms with Crippen LogP contribution in [0.1, 0.15) is 10.4 Å². The molecule has 6 nitrogen and oxygen atoms in total. The highest BCUT2D eigenvalue weighted by atomic mass is 35.5. The molecule has 0 aliphatic carbocycles. The first-order chi connectivity index (χ1) is 12.3. The van der Waals surface area contributed by atoms with Gasteiger partial charge in [0.05, 0.1) is 5.56 Å². The van der Waals surface area contributed by atoms with Gasteiger partial charge in [-0.25, -0.2) is 4.98 Å². The molecular formula is C16H10ClF2N3O3S. The Hall–Kier alpha value is -2.78. The number of nitrogens with zero attached hydrogens (tertiary/aromatic N) is 2. The molecule has 0 atom stereocenters. The van der Waals surface area contributed by atoms with Crippen LogP contribution in [0.15, 0.2) is 59.0 Å². The third-order valence-corrected chi connectivity index (χ3v) is 3.99. The molecule has 0 aliphatic rings. The largest absolute Gasteiger partial charge is 0.487 e. The Balaban J connectivity index is 1.76. The van der Waals surface area contributed by atoms with Crippen molar-refractivity contribution in [3.05, 3.63) is 70.1 Å². The van der Waals surface area contributed by atoms with E-state index in [1.54, 1.807) is 11.6 Å². The Labute approximate surface area is 154 Å². The molecule has 134 valence electrons. The van der Waals surface area contributed by atoms with Crippen LogP contribution in [0, 0.1) is 0 Å². The van der Waals surface area contributed by atoms with E-state index < -0.39 is 11.5 Å². The number of ether oxygens (including phenoxy) is 1. The quantitative estimate of drug-likeness (QED) is 0.666. The topological polar surface area (TPSA) is 73.2 Å². The summed E-state index contributed by atoms with van der Waals surface area (Å²) >= 11 is 5.94. The van der Waals surface area contributed by atoms with E-state index in [-0.39, 0.29) is 16.9 Å². The van der Waals surface area contributed by atoms with E-state index in [1.807, 2.05) is 0 Å². The van der Waals surface area contributed by atoms with E-state index in [1.165, 1.54) is 58.5 Å². The van der Waals surface area contributed by atoms with E-state index in [2.05, 4.69) is 26.6 Å². The van der Waals surface area contributed by atoms with Gasteiger partial charge >= 0.3 is 5.57 Å². The van der Waals surface area contributed by atoms with Crippen molar-refractivity contribution in [2.75, 3.05) is 5.32 Å². The summed E-state index contributed by atoms with van der Waals surface area (Å²) in [4.78, 5) is 28.3. The second-order valence-electron chi connectivity index (χ2n) is 4.97. The van der Waals surface area contributed by atoms with Crippen LogP contribution < -0.4 is 15.6 Å². The first kappa shape index (κ1) is 18.0. The second kappa shape index (κ2) is 7.22. The molecule has 0 spiro atoms. The van der Waals surface area contributed by atoms with Gasteiger partial charge in [-0.1, -0.05) is 0 Å². The van der Waals surface area contributed by atoms with Crippen LogP contribution in [-0.2, 0) is 0 Å². The number of alkyl halides is 3. The summed E-state index contributed by atoms with van der Waals surface area (Å²) in [5.41, 5.74) is -3.55. The van der Waals surface area contributed by atoms with Gasteiger partial charge in [0.15, 0.2) is 5.13 Å². The van der Waals surface area contributed by atoms with Crippen molar-refractivity contribution < 1.29 is 18.3 Å². The first-order valence-electron chi connectivity index (χ1n) is 7.11. The molecule has 3 aromatic rings. The summed E-state index contributed by atoms with van der Waals surface area (Å²) in [6, 6.07) is 7.88. The number of aromatic nitrogens is 2. The van der Waals surface area contributed by atoms with E-state index in [0.717, 1.165) is 0 Å². The number of amides is 1. The van der Waals surface area contributed by atoms with E-state index in [0.29, 0.717) is 10.8 Å². The van der Waals surface area contributed by atoms with Crippen LogP contribution in [-0.4, -0.2) is 21.0 Å². The van der Waals surface area contributed by atoms with Crippen LogP contribution in [0.2, 0.25) is 0 Å². The van der Waals surface area contributed by atoms with Crippen LogP contribution in [0.4, 0.5) is 14.5 Å². The number of carbonyl (C=O) groups excluding carboxylic acids is 1. The maximum atomic E-state index is 12.6. The van der Waals surface area contributed by atoms with Crippen LogP contribution in [0.25, 0.3) is 5.13 Å². The van der Waals surface area contributed by atoms with Gasteiger partial charge in [0.2, 0.25) is 0 Å². The molecule has 1 aromatic carbocycles. The van der Waals surface area contributed by atoms with E-state index >= 15 is 0 Å². The van der Waals surface area contributed by atoms with Gasteiger partial charge in [0.25, 0.3) is 11.5 Å². The van der Waals surface area contributed by atoms with Crippen LogP contribution in [0.3, 0.4) is 0 Å². The lowest BCUT2D eigenvalue weighted by Crippen LogP contribution is -2.20. The van der Waals surface area contributed by atoms with Crippen molar-refractivity contribution in [2.24, 2.45) is 0 Å². The van der Waals surface area contributed by atoms with Crippen molar-refractivity contribution in [2.45, 2.75) is 5.57 Å². The third-order valence-electron chi connectivity index (χ3n) is 3.14. The minimum atomic E-state index is -3.81. The number of thiazole rings is 1. The fourth-order valence-electron chi connectivity index (χ4n) is 2.05. The second-order valence-corrected chi connectivity index (χ2v) is 6.28. The van der Waals surface area contributed by atoms with Crippen LogP contribution in [0.5, 0.6) is 5.75 Å². The smallest absolute Gasteiger partial charge is 0.420 e. The molecule has 0 aliphatic heterocycles. The van der Waals surface area contributed by atoms with Gasteiger partial charge in [-0.15, -0.1) is 20.1 Å². The molecule has 26 heavy (non-hydrogen) atoms. The minimum absolute atomic E-state index is 0.152. The lowest BCUT2D eigenvalue weighted by atomic mass is 10.2. The molecule has 0 saturated carbocycles. The minimum Gasteiger partial charge on any atom is -0.420 e. The number of benzene rings is 1. The number of carbonyl (C=O) groups is 1. The lowest BCUT2D eigenvalue weighted by Gasteiger charge is -2.11. The zero-order valence-electron chi connectivity index (χ0n) is 12.9.